The first-order valence-corrected chi connectivity index (χ1v) is 13.0. The van der Waals surface area contributed by atoms with Crippen LogP contribution in [0.4, 0.5) is 0 Å². The van der Waals surface area contributed by atoms with E-state index in [9.17, 15) is 9.59 Å². The summed E-state index contributed by atoms with van der Waals surface area (Å²) < 4.78 is 18.3. The molecule has 1 N–H and O–H groups in total. The number of halogens is 1. The molecule has 9 heteroatoms. The number of nitrogens with zero attached hydrogens (tertiary/aromatic N) is 2. The van der Waals surface area contributed by atoms with Crippen LogP contribution in [0, 0.1) is 0 Å². The number of aromatic nitrogens is 1. The van der Waals surface area contributed by atoms with Gasteiger partial charge in [0.05, 0.1) is 32.7 Å². The molecule has 0 aliphatic carbocycles. The number of furan rings is 1. The second kappa shape index (κ2) is 10.9. The molecule has 0 spiro atoms. The predicted octanol–water partition coefficient (Wildman–Crippen LogP) is 5.19. The molecule has 0 radical (unpaired) electrons. The largest absolute Gasteiger partial charge is 0.493 e. The molecule has 5 rings (SSSR count). The minimum Gasteiger partial charge on any atom is -0.493 e. The molecule has 0 bridgehead atoms. The van der Waals surface area contributed by atoms with Gasteiger partial charge in [-0.3, -0.25) is 9.59 Å². The highest BCUT2D eigenvalue weighted by molar-refractivity contribution is 6.30. The van der Waals surface area contributed by atoms with Gasteiger partial charge in [0.2, 0.25) is 5.91 Å². The van der Waals surface area contributed by atoms with Crippen molar-refractivity contribution in [3.8, 4) is 23.0 Å². The zero-order chi connectivity index (χ0) is 27.6. The summed E-state index contributed by atoms with van der Waals surface area (Å²) in [4.78, 5) is 29.4. The van der Waals surface area contributed by atoms with Gasteiger partial charge in [-0.15, -0.1) is 0 Å². The molecule has 1 aliphatic heterocycles. The third kappa shape index (κ3) is 5.12. The Bertz CT molecular complexity index is 1480. The molecular weight excluding hydrogens is 518 g/mol. The molecule has 202 valence electrons. The highest BCUT2D eigenvalue weighted by atomic mass is 35.5. The van der Waals surface area contributed by atoms with Crippen molar-refractivity contribution in [3.05, 3.63) is 94.8 Å². The zero-order valence-electron chi connectivity index (χ0n) is 22.1. The van der Waals surface area contributed by atoms with E-state index in [4.69, 9.17) is 25.5 Å². The van der Waals surface area contributed by atoms with Gasteiger partial charge < -0.3 is 28.7 Å². The first kappa shape index (κ1) is 26.4. The summed E-state index contributed by atoms with van der Waals surface area (Å²) in [6.45, 7) is 2.73. The number of hydrogen-bond donors (Lipinski definition) is 1. The van der Waals surface area contributed by atoms with E-state index >= 15 is 0 Å². The highest BCUT2D eigenvalue weighted by Crippen LogP contribution is 2.34. The van der Waals surface area contributed by atoms with Gasteiger partial charge in [0.1, 0.15) is 17.0 Å². The Morgan fingerprint density at radius 3 is 2.41 bits per heavy atom. The Labute approximate surface area is 232 Å². The number of amides is 2. The number of ether oxygens (including phenoxy) is 2. The molecule has 2 amide bonds. The van der Waals surface area contributed by atoms with Crippen LogP contribution >= 0.6 is 11.6 Å². The monoisotopic (exact) mass is 547 g/mol. The van der Waals surface area contributed by atoms with Crippen molar-refractivity contribution in [1.82, 2.24) is 14.8 Å². The third-order valence-electron chi connectivity index (χ3n) is 7.21. The number of carbonyl (C=O) groups excluding carboxylic acids is 2. The summed E-state index contributed by atoms with van der Waals surface area (Å²) in [5, 5.41) is 3.67. The van der Waals surface area contributed by atoms with Gasteiger partial charge in [-0.1, -0.05) is 29.8 Å². The molecule has 2 aromatic heterocycles. The van der Waals surface area contributed by atoms with E-state index in [0.29, 0.717) is 47.5 Å². The van der Waals surface area contributed by atoms with Crippen LogP contribution in [0.15, 0.2) is 77.4 Å². The van der Waals surface area contributed by atoms with E-state index in [2.05, 4.69) is 5.32 Å². The van der Waals surface area contributed by atoms with E-state index in [0.717, 1.165) is 16.8 Å². The molecule has 39 heavy (non-hydrogen) atoms. The molecule has 0 saturated carbocycles. The molecule has 1 aliphatic rings. The fraction of sp³-hybridized carbons (Fsp3) is 0.267. The molecule has 4 aromatic rings. The summed E-state index contributed by atoms with van der Waals surface area (Å²) in [7, 11) is 3.17. The lowest BCUT2D eigenvalue weighted by atomic mass is 9.93. The van der Waals surface area contributed by atoms with Crippen molar-refractivity contribution < 1.29 is 23.5 Å². The molecule has 8 nitrogen and oxygen atoms in total. The maximum absolute atomic E-state index is 13.9. The van der Waals surface area contributed by atoms with Crippen LogP contribution in [0.2, 0.25) is 5.02 Å². The van der Waals surface area contributed by atoms with Crippen LogP contribution in [-0.4, -0.2) is 47.6 Å². The Hall–Kier alpha value is -4.17. The van der Waals surface area contributed by atoms with Crippen molar-refractivity contribution in [1.29, 1.82) is 0 Å². The zero-order valence-corrected chi connectivity index (χ0v) is 22.8. The van der Waals surface area contributed by atoms with Crippen molar-refractivity contribution in [2.24, 2.45) is 0 Å². The highest BCUT2D eigenvalue weighted by Gasteiger charge is 2.47. The molecule has 3 heterocycles. The van der Waals surface area contributed by atoms with Crippen LogP contribution < -0.4 is 14.8 Å². The normalized spacial score (nSPS) is 16.6. The summed E-state index contributed by atoms with van der Waals surface area (Å²) >= 11 is 6.01. The number of fused-ring (bicyclic) bond motifs is 1. The van der Waals surface area contributed by atoms with E-state index in [1.165, 1.54) is 0 Å². The number of rotatable bonds is 9. The second-order valence-corrected chi connectivity index (χ2v) is 10.1. The molecule has 1 atom stereocenters. The first-order chi connectivity index (χ1) is 18.8. The summed E-state index contributed by atoms with van der Waals surface area (Å²) in [6.07, 6.45) is 2.12. The van der Waals surface area contributed by atoms with Crippen LogP contribution in [0.1, 0.15) is 28.5 Å². The minimum absolute atomic E-state index is 0.219. The lowest BCUT2D eigenvalue weighted by molar-refractivity contribution is -0.133. The number of hydrogen-bond acceptors (Lipinski definition) is 5. The van der Waals surface area contributed by atoms with Crippen LogP contribution in [0.25, 0.3) is 11.5 Å². The SMILES string of the molecule is COc1ccc(CCN2C(=O)c3ccc(-c4ccco4)n3C[C@@]2(C)C(=O)NCc2ccc(Cl)cc2)cc1OC. The lowest BCUT2D eigenvalue weighted by Crippen LogP contribution is -2.64. The van der Waals surface area contributed by atoms with Gasteiger partial charge in [-0.05, 0) is 73.0 Å². The Morgan fingerprint density at radius 1 is 1.00 bits per heavy atom. The summed E-state index contributed by atoms with van der Waals surface area (Å²) in [6, 6.07) is 20.2. The Balaban J connectivity index is 1.45. The second-order valence-electron chi connectivity index (χ2n) is 9.65. The third-order valence-corrected chi connectivity index (χ3v) is 7.46. The Morgan fingerprint density at radius 2 is 1.72 bits per heavy atom. The van der Waals surface area contributed by atoms with Crippen LogP contribution in [0.5, 0.6) is 11.5 Å². The van der Waals surface area contributed by atoms with Gasteiger partial charge in [0.25, 0.3) is 5.91 Å². The summed E-state index contributed by atoms with van der Waals surface area (Å²) in [5.74, 6) is 1.41. The standard InChI is InChI=1S/C30H30ClN3O5/c1-30(29(36)32-18-21-6-9-22(31)10-7-21)19-33-23(25-5-4-16-39-25)11-12-24(33)28(35)34(30)15-14-20-8-13-26(37-2)27(17-20)38-3/h4-13,16-17H,14-15,18-19H2,1-3H3,(H,32,36)/t30-/m0/s1. The number of benzene rings is 2. The molecule has 0 unspecified atom stereocenters. The van der Waals surface area contributed by atoms with Crippen molar-refractivity contribution in [3.63, 3.8) is 0 Å². The van der Waals surface area contributed by atoms with Gasteiger partial charge >= 0.3 is 0 Å². The summed E-state index contributed by atoms with van der Waals surface area (Å²) in [5.41, 5.74) is 1.97. The number of nitrogens with one attached hydrogen (secondary N) is 1. The van der Waals surface area contributed by atoms with Crippen LogP contribution in [0.3, 0.4) is 0 Å². The fourth-order valence-electron chi connectivity index (χ4n) is 5.01. The number of methoxy groups -OCH3 is 2. The van der Waals surface area contributed by atoms with Crippen LogP contribution in [-0.2, 0) is 24.3 Å². The van der Waals surface area contributed by atoms with Crippen molar-refractivity contribution in [2.75, 3.05) is 20.8 Å². The van der Waals surface area contributed by atoms with Gasteiger partial charge in [0, 0.05) is 18.1 Å². The van der Waals surface area contributed by atoms with Gasteiger partial charge in [-0.2, -0.15) is 0 Å². The van der Waals surface area contributed by atoms with E-state index in [1.54, 1.807) is 49.6 Å². The van der Waals surface area contributed by atoms with E-state index < -0.39 is 5.54 Å². The number of carbonyl (C=O) groups is 2. The van der Waals surface area contributed by atoms with E-state index in [-0.39, 0.29) is 18.4 Å². The maximum atomic E-state index is 13.9. The fourth-order valence-corrected chi connectivity index (χ4v) is 5.14. The molecule has 0 saturated heterocycles. The smallest absolute Gasteiger partial charge is 0.271 e. The first-order valence-electron chi connectivity index (χ1n) is 12.6. The Kier molecular flexibility index (Phi) is 7.39. The predicted molar refractivity (Wildman–Crippen MR) is 148 cm³/mol. The minimum atomic E-state index is -1.16. The lowest BCUT2D eigenvalue weighted by Gasteiger charge is -2.44. The topological polar surface area (TPSA) is 85.9 Å². The molecule has 0 fully saturated rings. The van der Waals surface area contributed by atoms with Gasteiger partial charge in [0.15, 0.2) is 11.5 Å². The molecule has 2 aromatic carbocycles. The quantitative estimate of drug-likeness (QED) is 0.311. The maximum Gasteiger partial charge on any atom is 0.271 e. The van der Waals surface area contributed by atoms with Crippen molar-refractivity contribution >= 4 is 23.4 Å². The van der Waals surface area contributed by atoms with Crippen molar-refractivity contribution in [2.45, 2.75) is 32.0 Å². The van der Waals surface area contributed by atoms with E-state index in [1.807, 2.05) is 54.0 Å². The molecular formula is C30H30ClN3O5. The van der Waals surface area contributed by atoms with Gasteiger partial charge in [-0.25, -0.2) is 0 Å². The average molecular weight is 548 g/mol. The average Bonchev–Trinajstić information content (AvgIpc) is 3.62.